The molecule has 0 aromatic heterocycles. The summed E-state index contributed by atoms with van der Waals surface area (Å²) in [6.07, 6.45) is 6.54. The Morgan fingerprint density at radius 2 is 1.95 bits per heavy atom. The maximum absolute atomic E-state index is 14.9. The topological polar surface area (TPSA) is 96.4 Å². The number of aliphatic hydroxyl groups is 1. The second-order valence-electron chi connectivity index (χ2n) is 11.9. The van der Waals surface area contributed by atoms with Crippen molar-refractivity contribution in [2.75, 3.05) is 24.7 Å². The summed E-state index contributed by atoms with van der Waals surface area (Å²) in [5.41, 5.74) is 0.975. The van der Waals surface area contributed by atoms with Crippen molar-refractivity contribution in [2.24, 2.45) is 11.8 Å². The zero-order chi connectivity index (χ0) is 31.4. The monoisotopic (exact) mass is 620 g/mol. The SMILES string of the molecule is C=CCCCCOC(=O)[C@@H]1[C@@H]2CCC3(O2)C(C(=O)N(CC=C)c2c(C)cccc2Cl)N([C@@H](CO)Cc2ccccc2)C(=O)[C@H]13. The smallest absolute Gasteiger partial charge is 0.312 e. The van der Waals surface area contributed by atoms with Crippen molar-refractivity contribution >= 4 is 35.1 Å². The minimum Gasteiger partial charge on any atom is -0.465 e. The van der Waals surface area contributed by atoms with Crippen molar-refractivity contribution in [1.29, 1.82) is 0 Å². The number of aryl methyl sites for hydroxylation is 1. The summed E-state index contributed by atoms with van der Waals surface area (Å²) in [5.74, 6) is -2.97. The molecule has 1 N–H and O–H groups in total. The van der Waals surface area contributed by atoms with Gasteiger partial charge in [0.25, 0.3) is 5.91 Å². The van der Waals surface area contributed by atoms with Gasteiger partial charge in [0.05, 0.1) is 47.9 Å². The van der Waals surface area contributed by atoms with E-state index >= 15 is 0 Å². The van der Waals surface area contributed by atoms with E-state index in [0.29, 0.717) is 36.4 Å². The number of para-hydroxylation sites is 1. The van der Waals surface area contributed by atoms with E-state index in [1.807, 2.05) is 55.5 Å². The Balaban J connectivity index is 1.55. The molecule has 1 spiro atoms. The van der Waals surface area contributed by atoms with Gasteiger partial charge in [-0.2, -0.15) is 0 Å². The molecule has 0 radical (unpaired) electrons. The number of fused-ring (bicyclic) bond motifs is 1. The molecule has 234 valence electrons. The number of hydrogen-bond donors (Lipinski definition) is 1. The molecule has 2 bridgehead atoms. The molecule has 9 heteroatoms. The molecule has 3 saturated heterocycles. The molecule has 2 aromatic rings. The molecular weight excluding hydrogens is 580 g/mol. The number of hydrogen-bond acceptors (Lipinski definition) is 6. The normalized spacial score (nSPS) is 25.9. The van der Waals surface area contributed by atoms with Gasteiger partial charge in [0.15, 0.2) is 0 Å². The van der Waals surface area contributed by atoms with Gasteiger partial charge in [0, 0.05) is 6.54 Å². The molecule has 2 amide bonds. The number of carbonyl (C=O) groups is 3. The number of ether oxygens (including phenoxy) is 2. The molecule has 3 aliphatic heterocycles. The molecule has 2 unspecified atom stereocenters. The molecule has 0 aliphatic carbocycles. The van der Waals surface area contributed by atoms with E-state index in [1.54, 1.807) is 17.0 Å². The fourth-order valence-electron chi connectivity index (χ4n) is 7.36. The lowest BCUT2D eigenvalue weighted by Crippen LogP contribution is -2.59. The largest absolute Gasteiger partial charge is 0.465 e. The van der Waals surface area contributed by atoms with Crippen molar-refractivity contribution in [2.45, 2.75) is 69.2 Å². The van der Waals surface area contributed by atoms with Gasteiger partial charge < -0.3 is 24.4 Å². The van der Waals surface area contributed by atoms with Crippen LogP contribution >= 0.6 is 11.6 Å². The fraction of sp³-hybridized carbons (Fsp3) is 0.457. The van der Waals surface area contributed by atoms with Crippen molar-refractivity contribution in [3.63, 3.8) is 0 Å². The zero-order valence-electron chi connectivity index (χ0n) is 25.2. The van der Waals surface area contributed by atoms with Crippen LogP contribution in [0.1, 0.15) is 43.2 Å². The highest BCUT2D eigenvalue weighted by Crippen LogP contribution is 2.59. The lowest BCUT2D eigenvalue weighted by atomic mass is 9.70. The third-order valence-corrected chi connectivity index (χ3v) is 9.55. The lowest BCUT2D eigenvalue weighted by molar-refractivity contribution is -0.156. The first-order valence-corrected chi connectivity index (χ1v) is 15.8. The molecule has 2 aromatic carbocycles. The number of carbonyl (C=O) groups excluding carboxylic acids is 3. The van der Waals surface area contributed by atoms with E-state index in [4.69, 9.17) is 21.1 Å². The highest BCUT2D eigenvalue weighted by molar-refractivity contribution is 6.34. The second-order valence-corrected chi connectivity index (χ2v) is 12.3. The summed E-state index contributed by atoms with van der Waals surface area (Å²) in [5, 5.41) is 11.1. The average molecular weight is 621 g/mol. The summed E-state index contributed by atoms with van der Waals surface area (Å²) in [6, 6.07) is 13.1. The summed E-state index contributed by atoms with van der Waals surface area (Å²) in [4.78, 5) is 46.0. The molecule has 44 heavy (non-hydrogen) atoms. The van der Waals surface area contributed by atoms with E-state index in [-0.39, 0.29) is 31.6 Å². The van der Waals surface area contributed by atoms with Gasteiger partial charge in [-0.3, -0.25) is 14.4 Å². The summed E-state index contributed by atoms with van der Waals surface area (Å²) in [6.45, 7) is 9.48. The number of rotatable bonds is 14. The van der Waals surface area contributed by atoms with Crippen LogP contribution in [0.25, 0.3) is 0 Å². The molecular formula is C35H41ClN2O6. The number of benzene rings is 2. The van der Waals surface area contributed by atoms with Gasteiger partial charge >= 0.3 is 5.97 Å². The minimum absolute atomic E-state index is 0.144. The number of allylic oxidation sites excluding steroid dienone is 1. The minimum atomic E-state index is -1.25. The van der Waals surface area contributed by atoms with Crippen LogP contribution in [-0.2, 0) is 30.3 Å². The van der Waals surface area contributed by atoms with Crippen LogP contribution in [0.5, 0.6) is 0 Å². The molecule has 5 rings (SSSR count). The Morgan fingerprint density at radius 3 is 2.64 bits per heavy atom. The second kappa shape index (κ2) is 13.7. The van der Waals surface area contributed by atoms with Crippen LogP contribution in [0.3, 0.4) is 0 Å². The Kier molecular flexibility index (Phi) is 9.93. The van der Waals surface area contributed by atoms with E-state index in [9.17, 15) is 19.5 Å². The highest BCUT2D eigenvalue weighted by Gasteiger charge is 2.75. The maximum Gasteiger partial charge on any atom is 0.312 e. The highest BCUT2D eigenvalue weighted by atomic mass is 35.5. The van der Waals surface area contributed by atoms with Crippen molar-refractivity contribution in [3.8, 4) is 0 Å². The quantitative estimate of drug-likeness (QED) is 0.181. The summed E-state index contributed by atoms with van der Waals surface area (Å²) in [7, 11) is 0. The van der Waals surface area contributed by atoms with Crippen molar-refractivity contribution in [3.05, 3.63) is 90.0 Å². The number of nitrogens with zero attached hydrogens (tertiary/aromatic N) is 2. The molecule has 8 nitrogen and oxygen atoms in total. The van der Waals surface area contributed by atoms with Crippen molar-refractivity contribution < 1.29 is 29.0 Å². The third-order valence-electron chi connectivity index (χ3n) is 9.25. The first-order valence-electron chi connectivity index (χ1n) is 15.4. The van der Waals surface area contributed by atoms with Crippen LogP contribution < -0.4 is 4.90 Å². The third kappa shape index (κ3) is 5.71. The summed E-state index contributed by atoms with van der Waals surface area (Å²) < 4.78 is 12.3. The number of unbranched alkanes of at least 4 members (excludes halogenated alkanes) is 2. The van der Waals surface area contributed by atoms with Crippen LogP contribution in [0, 0.1) is 18.8 Å². The molecule has 6 atom stereocenters. The van der Waals surface area contributed by atoms with Gasteiger partial charge in [-0.25, -0.2) is 0 Å². The van der Waals surface area contributed by atoms with E-state index in [1.165, 1.54) is 4.90 Å². The zero-order valence-corrected chi connectivity index (χ0v) is 26.0. The summed E-state index contributed by atoms with van der Waals surface area (Å²) >= 11 is 6.66. The Bertz CT molecular complexity index is 1380. The predicted molar refractivity (Wildman–Crippen MR) is 169 cm³/mol. The first kappa shape index (κ1) is 31.9. The molecule has 3 heterocycles. The van der Waals surface area contributed by atoms with E-state index in [2.05, 4.69) is 13.2 Å². The molecule has 3 aliphatic rings. The van der Waals surface area contributed by atoms with Gasteiger partial charge in [-0.05, 0) is 62.6 Å². The van der Waals surface area contributed by atoms with Gasteiger partial charge in [-0.1, -0.05) is 66.2 Å². The first-order chi connectivity index (χ1) is 21.3. The number of likely N-dealkylation sites (tertiary alicyclic amines) is 1. The Hall–Kier alpha value is -3.46. The van der Waals surface area contributed by atoms with E-state index in [0.717, 1.165) is 24.0 Å². The van der Waals surface area contributed by atoms with Crippen LogP contribution in [0.4, 0.5) is 5.69 Å². The van der Waals surface area contributed by atoms with Crippen LogP contribution in [0.2, 0.25) is 5.02 Å². The van der Waals surface area contributed by atoms with Crippen LogP contribution in [0.15, 0.2) is 73.8 Å². The lowest BCUT2D eigenvalue weighted by Gasteiger charge is -2.39. The van der Waals surface area contributed by atoms with Crippen molar-refractivity contribution in [1.82, 2.24) is 4.90 Å². The Labute approximate surface area is 264 Å². The number of amides is 2. The molecule has 0 saturated carbocycles. The molecule has 3 fully saturated rings. The number of aliphatic hydroxyl groups excluding tert-OH is 1. The Morgan fingerprint density at radius 1 is 1.18 bits per heavy atom. The fourth-order valence-corrected chi connectivity index (χ4v) is 7.69. The van der Waals surface area contributed by atoms with E-state index < -0.39 is 41.6 Å². The number of anilines is 1. The number of esters is 1. The van der Waals surface area contributed by atoms with Gasteiger partial charge in [0.2, 0.25) is 5.91 Å². The maximum atomic E-state index is 14.9. The predicted octanol–water partition coefficient (Wildman–Crippen LogP) is 5.05. The standard InChI is InChI=1S/C35H41ClN2O6/c1-4-6-7-11-20-43-34(42)28-27-17-18-35(44-27)29(28)32(40)38(25(22-39)21-24-14-9-8-10-15-24)31(35)33(41)37(19-5-2)30-23(3)13-12-16-26(30)36/h4-5,8-10,12-16,25,27-29,31,39H,1-2,6-7,11,17-22H2,3H3/t25-,27+,28-,29+,31?,35?/m1/s1. The number of halogens is 1. The van der Waals surface area contributed by atoms with Gasteiger partial charge in [-0.15, -0.1) is 13.2 Å². The van der Waals surface area contributed by atoms with Gasteiger partial charge in [0.1, 0.15) is 11.6 Å². The average Bonchev–Trinajstić information content (AvgIpc) is 3.66. The van der Waals surface area contributed by atoms with Crippen LogP contribution in [-0.4, -0.2) is 71.3 Å².